The highest BCUT2D eigenvalue weighted by molar-refractivity contribution is 5.62. The van der Waals surface area contributed by atoms with E-state index in [1.54, 1.807) is 18.2 Å². The van der Waals surface area contributed by atoms with Crippen LogP contribution in [-0.4, -0.2) is 11.5 Å². The van der Waals surface area contributed by atoms with Crippen LogP contribution in [-0.2, 0) is 0 Å². The molecule has 0 aromatic heterocycles. The van der Waals surface area contributed by atoms with Crippen molar-refractivity contribution in [2.24, 2.45) is 0 Å². The summed E-state index contributed by atoms with van der Waals surface area (Å²) >= 11 is 0. The second-order valence-corrected chi connectivity index (χ2v) is 4.65. The number of ether oxygens (including phenoxy) is 1. The molecule has 0 saturated heterocycles. The van der Waals surface area contributed by atoms with Crippen molar-refractivity contribution < 1.29 is 9.66 Å². The van der Waals surface area contributed by atoms with Gasteiger partial charge in [-0.15, -0.1) is 0 Å². The first kappa shape index (κ1) is 12.5. The van der Waals surface area contributed by atoms with Gasteiger partial charge in [0.15, 0.2) is 0 Å². The van der Waals surface area contributed by atoms with Gasteiger partial charge in [0.1, 0.15) is 11.4 Å². The average molecular weight is 270 g/mol. The Morgan fingerprint density at radius 1 is 1.15 bits per heavy atom. The standard InChI is InChI=1S/C15H14N2O3/c18-17(19)14-7-3-2-6-13(14)16-12-9-10-20-15-8-4-1-5-11(12)15/h1-8,12,16H,9-10H2. The largest absolute Gasteiger partial charge is 0.493 e. The van der Waals surface area contributed by atoms with Gasteiger partial charge in [0.25, 0.3) is 5.69 Å². The molecule has 0 radical (unpaired) electrons. The summed E-state index contributed by atoms with van der Waals surface area (Å²) in [4.78, 5) is 10.7. The smallest absolute Gasteiger partial charge is 0.292 e. The van der Waals surface area contributed by atoms with E-state index in [4.69, 9.17) is 4.74 Å². The minimum atomic E-state index is -0.367. The predicted octanol–water partition coefficient (Wildman–Crippen LogP) is 3.53. The van der Waals surface area contributed by atoms with E-state index in [0.717, 1.165) is 17.7 Å². The molecule has 1 atom stereocenters. The van der Waals surface area contributed by atoms with Crippen molar-refractivity contribution in [1.29, 1.82) is 0 Å². The molecular formula is C15H14N2O3. The number of fused-ring (bicyclic) bond motifs is 1. The van der Waals surface area contributed by atoms with Crippen LogP contribution in [0.3, 0.4) is 0 Å². The van der Waals surface area contributed by atoms with Crippen LogP contribution in [0, 0.1) is 10.1 Å². The van der Waals surface area contributed by atoms with E-state index in [0.29, 0.717) is 12.3 Å². The molecule has 102 valence electrons. The Morgan fingerprint density at radius 2 is 1.90 bits per heavy atom. The Hall–Kier alpha value is -2.56. The third-order valence-electron chi connectivity index (χ3n) is 3.39. The summed E-state index contributed by atoms with van der Waals surface area (Å²) in [5, 5.41) is 14.3. The monoisotopic (exact) mass is 270 g/mol. The lowest BCUT2D eigenvalue weighted by molar-refractivity contribution is -0.384. The highest BCUT2D eigenvalue weighted by atomic mass is 16.6. The molecule has 1 N–H and O–H groups in total. The molecule has 20 heavy (non-hydrogen) atoms. The predicted molar refractivity (Wildman–Crippen MR) is 76.0 cm³/mol. The molecule has 1 unspecified atom stereocenters. The topological polar surface area (TPSA) is 64.4 Å². The first-order chi connectivity index (χ1) is 9.75. The van der Waals surface area contributed by atoms with Crippen LogP contribution in [0.25, 0.3) is 0 Å². The molecule has 1 aliphatic rings. The van der Waals surface area contributed by atoms with Crippen LogP contribution in [0.4, 0.5) is 11.4 Å². The Morgan fingerprint density at radius 3 is 2.75 bits per heavy atom. The maximum atomic E-state index is 11.0. The summed E-state index contributed by atoms with van der Waals surface area (Å²) in [6.07, 6.45) is 0.781. The summed E-state index contributed by atoms with van der Waals surface area (Å²) in [5.41, 5.74) is 1.67. The van der Waals surface area contributed by atoms with E-state index in [-0.39, 0.29) is 16.7 Å². The number of hydrogen-bond acceptors (Lipinski definition) is 4. The van der Waals surface area contributed by atoms with Crippen LogP contribution in [0.5, 0.6) is 5.75 Å². The van der Waals surface area contributed by atoms with Gasteiger partial charge in [-0.05, 0) is 12.1 Å². The number of hydrogen-bond donors (Lipinski definition) is 1. The van der Waals surface area contributed by atoms with E-state index in [9.17, 15) is 10.1 Å². The second-order valence-electron chi connectivity index (χ2n) is 4.65. The van der Waals surface area contributed by atoms with E-state index in [2.05, 4.69) is 5.32 Å². The number of para-hydroxylation sites is 3. The number of nitro benzene ring substituents is 1. The summed E-state index contributed by atoms with van der Waals surface area (Å²) in [6.45, 7) is 0.606. The van der Waals surface area contributed by atoms with E-state index >= 15 is 0 Å². The normalized spacial score (nSPS) is 16.9. The van der Waals surface area contributed by atoms with Gasteiger partial charge in [0.05, 0.1) is 17.6 Å². The Balaban J connectivity index is 1.92. The molecule has 5 nitrogen and oxygen atoms in total. The number of rotatable bonds is 3. The molecule has 3 rings (SSSR count). The van der Waals surface area contributed by atoms with Crippen molar-refractivity contribution in [2.45, 2.75) is 12.5 Å². The van der Waals surface area contributed by atoms with Gasteiger partial charge in [-0.25, -0.2) is 0 Å². The first-order valence-electron chi connectivity index (χ1n) is 6.47. The fourth-order valence-electron chi connectivity index (χ4n) is 2.43. The third kappa shape index (κ3) is 2.30. The van der Waals surface area contributed by atoms with Crippen molar-refractivity contribution in [3.05, 3.63) is 64.2 Å². The van der Waals surface area contributed by atoms with Gasteiger partial charge in [-0.3, -0.25) is 10.1 Å². The maximum Gasteiger partial charge on any atom is 0.292 e. The minimum absolute atomic E-state index is 0.0287. The number of anilines is 1. The lowest BCUT2D eigenvalue weighted by Gasteiger charge is -2.27. The highest BCUT2D eigenvalue weighted by Crippen LogP contribution is 2.36. The lowest BCUT2D eigenvalue weighted by Crippen LogP contribution is -2.20. The summed E-state index contributed by atoms with van der Waals surface area (Å²) in [7, 11) is 0. The van der Waals surface area contributed by atoms with Gasteiger partial charge < -0.3 is 10.1 Å². The molecule has 0 fully saturated rings. The molecule has 0 spiro atoms. The van der Waals surface area contributed by atoms with Crippen molar-refractivity contribution >= 4 is 11.4 Å². The van der Waals surface area contributed by atoms with Crippen LogP contribution < -0.4 is 10.1 Å². The third-order valence-corrected chi connectivity index (χ3v) is 3.39. The zero-order chi connectivity index (χ0) is 13.9. The van der Waals surface area contributed by atoms with Gasteiger partial charge in [-0.2, -0.15) is 0 Å². The molecule has 1 aliphatic heterocycles. The van der Waals surface area contributed by atoms with Gasteiger partial charge in [0.2, 0.25) is 0 Å². The minimum Gasteiger partial charge on any atom is -0.493 e. The molecule has 0 amide bonds. The first-order valence-corrected chi connectivity index (χ1v) is 6.47. The summed E-state index contributed by atoms with van der Waals surface area (Å²) in [5.74, 6) is 0.842. The van der Waals surface area contributed by atoms with Crippen LogP contribution >= 0.6 is 0 Å². The maximum absolute atomic E-state index is 11.0. The molecule has 0 saturated carbocycles. The number of nitrogens with zero attached hydrogens (tertiary/aromatic N) is 1. The van der Waals surface area contributed by atoms with Gasteiger partial charge in [-0.1, -0.05) is 30.3 Å². The van der Waals surface area contributed by atoms with Crippen molar-refractivity contribution in [3.63, 3.8) is 0 Å². The van der Waals surface area contributed by atoms with Crippen molar-refractivity contribution in [3.8, 4) is 5.75 Å². The van der Waals surface area contributed by atoms with Gasteiger partial charge >= 0.3 is 0 Å². The Kier molecular flexibility index (Phi) is 3.25. The fraction of sp³-hybridized carbons (Fsp3) is 0.200. The molecule has 2 aromatic rings. The molecular weight excluding hydrogens is 256 g/mol. The van der Waals surface area contributed by atoms with Crippen LogP contribution in [0.2, 0.25) is 0 Å². The Bertz CT molecular complexity index is 643. The average Bonchev–Trinajstić information content (AvgIpc) is 2.48. The van der Waals surface area contributed by atoms with Crippen molar-refractivity contribution in [1.82, 2.24) is 0 Å². The van der Waals surface area contributed by atoms with E-state index in [1.807, 2.05) is 24.3 Å². The quantitative estimate of drug-likeness (QED) is 0.684. The lowest BCUT2D eigenvalue weighted by atomic mass is 10.00. The zero-order valence-electron chi connectivity index (χ0n) is 10.8. The second kappa shape index (κ2) is 5.21. The molecule has 2 aromatic carbocycles. The van der Waals surface area contributed by atoms with Gasteiger partial charge in [0, 0.05) is 18.1 Å². The van der Waals surface area contributed by atoms with Crippen molar-refractivity contribution in [2.75, 3.05) is 11.9 Å². The summed E-state index contributed by atoms with van der Waals surface area (Å²) in [6, 6.07) is 14.5. The van der Waals surface area contributed by atoms with E-state index < -0.39 is 0 Å². The van der Waals surface area contributed by atoms with E-state index in [1.165, 1.54) is 6.07 Å². The number of nitrogens with one attached hydrogen (secondary N) is 1. The molecule has 0 aliphatic carbocycles. The molecule has 1 heterocycles. The fourth-order valence-corrected chi connectivity index (χ4v) is 2.43. The van der Waals surface area contributed by atoms with Crippen LogP contribution in [0.1, 0.15) is 18.0 Å². The summed E-state index contributed by atoms with van der Waals surface area (Å²) < 4.78 is 5.60. The molecule has 5 heteroatoms. The highest BCUT2D eigenvalue weighted by Gasteiger charge is 2.23. The Labute approximate surface area is 116 Å². The SMILES string of the molecule is O=[N+]([O-])c1ccccc1NC1CCOc2ccccc21. The number of nitro groups is 1. The zero-order valence-corrected chi connectivity index (χ0v) is 10.8. The molecule has 0 bridgehead atoms. The van der Waals surface area contributed by atoms with Crippen LogP contribution in [0.15, 0.2) is 48.5 Å². The number of benzene rings is 2.